The predicted octanol–water partition coefficient (Wildman–Crippen LogP) is 3.47. The van der Waals surface area contributed by atoms with Crippen LogP contribution in [0.2, 0.25) is 5.02 Å². The number of benzene rings is 2. The summed E-state index contributed by atoms with van der Waals surface area (Å²) in [6.45, 7) is 1.52. The first-order chi connectivity index (χ1) is 13.0. The van der Waals surface area contributed by atoms with Gasteiger partial charge in [0.05, 0.1) is 25.8 Å². The van der Waals surface area contributed by atoms with E-state index in [4.69, 9.17) is 16.3 Å². The van der Waals surface area contributed by atoms with Crippen LogP contribution < -0.4 is 10.1 Å². The highest BCUT2D eigenvalue weighted by molar-refractivity contribution is 6.30. The number of anilines is 1. The highest BCUT2D eigenvalue weighted by Crippen LogP contribution is 2.17. The van der Waals surface area contributed by atoms with Crippen LogP contribution in [0.15, 0.2) is 48.5 Å². The van der Waals surface area contributed by atoms with Gasteiger partial charge in [0.1, 0.15) is 5.75 Å². The molecule has 0 atom stereocenters. The number of rotatable bonds is 9. The average molecular weight is 391 g/mol. The summed E-state index contributed by atoms with van der Waals surface area (Å²) in [5, 5.41) is 3.44. The highest BCUT2D eigenvalue weighted by Gasteiger charge is 2.09. The van der Waals surface area contributed by atoms with Gasteiger partial charge in [-0.25, -0.2) is 4.79 Å². The lowest BCUT2D eigenvalue weighted by molar-refractivity contribution is -0.117. The third kappa shape index (κ3) is 7.29. The fourth-order valence-corrected chi connectivity index (χ4v) is 2.59. The van der Waals surface area contributed by atoms with Crippen LogP contribution in [0, 0.1) is 0 Å². The number of carbonyl (C=O) groups excluding carboxylic acids is 2. The third-order valence-corrected chi connectivity index (χ3v) is 3.99. The van der Waals surface area contributed by atoms with E-state index in [2.05, 4.69) is 10.1 Å². The van der Waals surface area contributed by atoms with Crippen molar-refractivity contribution in [3.63, 3.8) is 0 Å². The van der Waals surface area contributed by atoms with Gasteiger partial charge in [-0.15, -0.1) is 0 Å². The lowest BCUT2D eigenvalue weighted by Gasteiger charge is -2.16. The minimum Gasteiger partial charge on any atom is -0.493 e. The average Bonchev–Trinajstić information content (AvgIpc) is 2.65. The first kappa shape index (κ1) is 20.7. The van der Waals surface area contributed by atoms with Crippen molar-refractivity contribution in [2.24, 2.45) is 0 Å². The molecule has 0 radical (unpaired) electrons. The molecule has 0 unspecified atom stereocenters. The number of hydrogen-bond acceptors (Lipinski definition) is 5. The molecule has 2 aromatic rings. The number of amides is 1. The van der Waals surface area contributed by atoms with Crippen molar-refractivity contribution in [1.29, 1.82) is 0 Å². The van der Waals surface area contributed by atoms with E-state index in [-0.39, 0.29) is 12.5 Å². The van der Waals surface area contributed by atoms with E-state index in [0.717, 1.165) is 18.7 Å². The van der Waals surface area contributed by atoms with E-state index in [1.165, 1.54) is 7.11 Å². The van der Waals surface area contributed by atoms with Gasteiger partial charge in [0.15, 0.2) is 0 Å². The maximum Gasteiger partial charge on any atom is 0.337 e. The number of halogens is 1. The molecule has 2 rings (SSSR count). The molecule has 6 nitrogen and oxygen atoms in total. The van der Waals surface area contributed by atoms with Crippen LogP contribution >= 0.6 is 11.6 Å². The zero-order valence-electron chi connectivity index (χ0n) is 15.4. The monoisotopic (exact) mass is 390 g/mol. The molecule has 1 N–H and O–H groups in total. The van der Waals surface area contributed by atoms with E-state index in [1.54, 1.807) is 36.4 Å². The van der Waals surface area contributed by atoms with Gasteiger partial charge in [0.25, 0.3) is 0 Å². The summed E-state index contributed by atoms with van der Waals surface area (Å²) in [6, 6.07) is 13.8. The molecule has 2 aromatic carbocycles. The second-order valence-corrected chi connectivity index (χ2v) is 6.45. The van der Waals surface area contributed by atoms with Gasteiger partial charge < -0.3 is 14.8 Å². The Morgan fingerprint density at radius 2 is 1.89 bits per heavy atom. The Kier molecular flexibility index (Phi) is 8.10. The number of hydrogen-bond donors (Lipinski definition) is 1. The molecule has 0 saturated carbocycles. The molecule has 7 heteroatoms. The summed E-state index contributed by atoms with van der Waals surface area (Å²) in [5.74, 6) is 0.199. The molecule has 1 amide bonds. The molecule has 27 heavy (non-hydrogen) atoms. The molecular weight excluding hydrogens is 368 g/mol. The third-order valence-electron chi connectivity index (χ3n) is 3.75. The van der Waals surface area contributed by atoms with Crippen LogP contribution in [0.5, 0.6) is 5.75 Å². The number of carbonyl (C=O) groups is 2. The Morgan fingerprint density at radius 3 is 2.56 bits per heavy atom. The van der Waals surface area contributed by atoms with Crippen molar-refractivity contribution in [3.8, 4) is 5.75 Å². The Bertz CT molecular complexity index is 765. The van der Waals surface area contributed by atoms with E-state index in [0.29, 0.717) is 22.9 Å². The predicted molar refractivity (Wildman–Crippen MR) is 105 cm³/mol. The number of likely N-dealkylation sites (N-methyl/N-ethyl adjacent to an activating group) is 1. The number of nitrogens with zero attached hydrogens (tertiary/aromatic N) is 1. The molecule has 0 spiro atoms. The first-order valence-electron chi connectivity index (χ1n) is 8.53. The van der Waals surface area contributed by atoms with Crippen LogP contribution in [0.4, 0.5) is 5.69 Å². The fourth-order valence-electron chi connectivity index (χ4n) is 2.41. The van der Waals surface area contributed by atoms with Crippen LogP contribution in [-0.2, 0) is 9.53 Å². The van der Waals surface area contributed by atoms with Gasteiger partial charge in [-0.1, -0.05) is 17.7 Å². The van der Waals surface area contributed by atoms with Crippen molar-refractivity contribution in [3.05, 3.63) is 59.1 Å². The van der Waals surface area contributed by atoms with E-state index < -0.39 is 5.97 Å². The van der Waals surface area contributed by atoms with Gasteiger partial charge in [-0.3, -0.25) is 9.69 Å². The zero-order chi connectivity index (χ0) is 19.6. The molecule has 0 fully saturated rings. The summed E-state index contributed by atoms with van der Waals surface area (Å²) in [4.78, 5) is 25.4. The summed E-state index contributed by atoms with van der Waals surface area (Å²) in [6.07, 6.45) is 0.782. The highest BCUT2D eigenvalue weighted by atomic mass is 35.5. The summed E-state index contributed by atoms with van der Waals surface area (Å²) in [7, 11) is 3.20. The van der Waals surface area contributed by atoms with Crippen molar-refractivity contribution in [2.45, 2.75) is 6.42 Å². The number of nitrogens with one attached hydrogen (secondary N) is 1. The van der Waals surface area contributed by atoms with E-state index in [1.807, 2.05) is 24.1 Å². The van der Waals surface area contributed by atoms with Crippen molar-refractivity contribution >= 4 is 29.2 Å². The number of methoxy groups -OCH3 is 1. The number of ether oxygens (including phenoxy) is 2. The van der Waals surface area contributed by atoms with Crippen molar-refractivity contribution < 1.29 is 19.1 Å². The lowest BCUT2D eigenvalue weighted by Crippen LogP contribution is -2.31. The van der Waals surface area contributed by atoms with Crippen LogP contribution in [0.1, 0.15) is 16.8 Å². The Labute approximate surface area is 164 Å². The molecular formula is C20H23ClN2O4. The molecule has 0 aliphatic carbocycles. The summed E-state index contributed by atoms with van der Waals surface area (Å²) >= 11 is 5.91. The summed E-state index contributed by atoms with van der Waals surface area (Å²) < 4.78 is 10.3. The molecule has 0 aliphatic heterocycles. The zero-order valence-corrected chi connectivity index (χ0v) is 16.2. The SMILES string of the molecule is COC(=O)c1ccc(NC(=O)CN(C)CCCOc2cccc(Cl)c2)cc1. The maximum atomic E-state index is 12.1. The van der Waals surface area contributed by atoms with Gasteiger partial charge in [0, 0.05) is 17.3 Å². The summed E-state index contributed by atoms with van der Waals surface area (Å²) in [5.41, 5.74) is 1.07. The van der Waals surface area contributed by atoms with Crippen LogP contribution in [0.25, 0.3) is 0 Å². The second-order valence-electron chi connectivity index (χ2n) is 6.01. The Morgan fingerprint density at radius 1 is 1.15 bits per heavy atom. The van der Waals surface area contributed by atoms with Gasteiger partial charge >= 0.3 is 5.97 Å². The molecule has 0 aliphatic rings. The van der Waals surface area contributed by atoms with Gasteiger partial charge in [-0.05, 0) is 55.9 Å². The normalized spacial score (nSPS) is 10.5. The van der Waals surface area contributed by atoms with Crippen LogP contribution in [-0.4, -0.2) is 50.6 Å². The standard InChI is InChI=1S/C20H23ClN2O4/c1-23(11-4-12-27-18-6-3-5-16(21)13-18)14-19(24)22-17-9-7-15(8-10-17)20(25)26-2/h3,5-10,13H,4,11-12,14H2,1-2H3,(H,22,24). The Balaban J connectivity index is 1.68. The lowest BCUT2D eigenvalue weighted by atomic mass is 10.2. The Hall–Kier alpha value is -2.57. The molecule has 0 aromatic heterocycles. The maximum absolute atomic E-state index is 12.1. The van der Waals surface area contributed by atoms with Crippen molar-refractivity contribution in [1.82, 2.24) is 4.90 Å². The smallest absolute Gasteiger partial charge is 0.337 e. The van der Waals surface area contributed by atoms with E-state index >= 15 is 0 Å². The van der Waals surface area contributed by atoms with Crippen molar-refractivity contribution in [2.75, 3.05) is 39.2 Å². The number of esters is 1. The van der Waals surface area contributed by atoms with Gasteiger partial charge in [-0.2, -0.15) is 0 Å². The fraction of sp³-hybridized carbons (Fsp3) is 0.300. The van der Waals surface area contributed by atoms with Crippen LogP contribution in [0.3, 0.4) is 0 Å². The first-order valence-corrected chi connectivity index (χ1v) is 8.91. The molecule has 144 valence electrons. The topological polar surface area (TPSA) is 67.9 Å². The quantitative estimate of drug-likeness (QED) is 0.524. The van der Waals surface area contributed by atoms with E-state index in [9.17, 15) is 9.59 Å². The molecule has 0 heterocycles. The molecule has 0 bridgehead atoms. The largest absolute Gasteiger partial charge is 0.493 e. The molecule has 0 saturated heterocycles. The van der Waals surface area contributed by atoms with Gasteiger partial charge in [0.2, 0.25) is 5.91 Å². The minimum atomic E-state index is -0.410. The second kappa shape index (κ2) is 10.5. The minimum absolute atomic E-state index is 0.126.